The number of H-pyrrole nitrogens is 1. The first-order valence-corrected chi connectivity index (χ1v) is 8.63. The van der Waals surface area contributed by atoms with Gasteiger partial charge in [-0.2, -0.15) is 0 Å². The van der Waals surface area contributed by atoms with E-state index in [4.69, 9.17) is 23.2 Å². The minimum absolute atomic E-state index is 0.0683. The minimum atomic E-state index is -0.182. The number of halogens is 2. The van der Waals surface area contributed by atoms with Crippen molar-refractivity contribution in [2.24, 2.45) is 0 Å². The van der Waals surface area contributed by atoms with Gasteiger partial charge in [0.15, 0.2) is 0 Å². The number of carbonyl (C=O) groups excluding carboxylic acids is 1. The van der Waals surface area contributed by atoms with E-state index < -0.39 is 0 Å². The summed E-state index contributed by atoms with van der Waals surface area (Å²) in [5.74, 6) is -0.182. The highest BCUT2D eigenvalue weighted by Crippen LogP contribution is 2.31. The molecule has 1 heterocycles. The normalized spacial score (nSPS) is 16.4. The van der Waals surface area contributed by atoms with Crippen LogP contribution in [0.15, 0.2) is 36.4 Å². The molecule has 1 unspecified atom stereocenters. The lowest BCUT2D eigenvalue weighted by molar-refractivity contribution is 0.0938. The third-order valence-corrected chi connectivity index (χ3v) is 5.12. The van der Waals surface area contributed by atoms with Crippen LogP contribution >= 0.6 is 23.2 Å². The molecule has 24 heavy (non-hydrogen) atoms. The van der Waals surface area contributed by atoms with Crippen molar-refractivity contribution >= 4 is 40.0 Å². The first-order chi connectivity index (χ1) is 11.5. The second-order valence-electron chi connectivity index (χ2n) is 6.33. The molecule has 1 amide bonds. The summed E-state index contributed by atoms with van der Waals surface area (Å²) in [7, 11) is 0. The summed E-state index contributed by atoms with van der Waals surface area (Å²) in [4.78, 5) is 16.0. The zero-order valence-electron chi connectivity index (χ0n) is 13.1. The summed E-state index contributed by atoms with van der Waals surface area (Å²) in [6, 6.07) is 11.4. The number of hydrogen-bond donors (Lipinski definition) is 2. The van der Waals surface area contributed by atoms with Crippen LogP contribution in [0, 0.1) is 6.92 Å². The van der Waals surface area contributed by atoms with Gasteiger partial charge in [-0.1, -0.05) is 34.8 Å². The average Bonchev–Trinajstić information content (AvgIpc) is 3.07. The molecule has 3 aromatic rings. The largest absolute Gasteiger partial charge is 0.358 e. The van der Waals surface area contributed by atoms with Gasteiger partial charge in [0.1, 0.15) is 0 Å². The highest BCUT2D eigenvalue weighted by Gasteiger charge is 2.27. The molecule has 0 radical (unpaired) electrons. The molecule has 1 atom stereocenters. The van der Waals surface area contributed by atoms with Gasteiger partial charge in [-0.15, -0.1) is 0 Å². The molecule has 1 aromatic heterocycles. The number of benzene rings is 2. The molecule has 1 aliphatic rings. The van der Waals surface area contributed by atoms with Gasteiger partial charge in [0.25, 0.3) is 5.91 Å². The van der Waals surface area contributed by atoms with E-state index in [1.807, 2.05) is 0 Å². The Bertz CT molecular complexity index is 961. The summed E-state index contributed by atoms with van der Waals surface area (Å²) in [5, 5.41) is 5.24. The van der Waals surface area contributed by atoms with Gasteiger partial charge in [0, 0.05) is 34.1 Å². The Morgan fingerprint density at radius 2 is 2.00 bits per heavy atom. The van der Waals surface area contributed by atoms with Crippen LogP contribution in [-0.2, 0) is 12.8 Å². The SMILES string of the molecule is Cc1ccc2[nH]c3c(c2c1)CC(NC(=O)c1cc(Cl)ccc1Cl)C3. The minimum Gasteiger partial charge on any atom is -0.358 e. The Hall–Kier alpha value is -1.97. The summed E-state index contributed by atoms with van der Waals surface area (Å²) in [6.45, 7) is 2.09. The fraction of sp³-hybridized carbons (Fsp3) is 0.211. The van der Waals surface area contributed by atoms with Gasteiger partial charge in [-0.3, -0.25) is 4.79 Å². The molecule has 3 nitrogen and oxygen atoms in total. The molecule has 122 valence electrons. The van der Waals surface area contributed by atoms with Crippen molar-refractivity contribution in [3.63, 3.8) is 0 Å². The van der Waals surface area contributed by atoms with Crippen LogP contribution in [0.4, 0.5) is 0 Å². The number of aromatic nitrogens is 1. The monoisotopic (exact) mass is 358 g/mol. The third kappa shape index (κ3) is 2.68. The highest BCUT2D eigenvalue weighted by atomic mass is 35.5. The predicted octanol–water partition coefficient (Wildman–Crippen LogP) is 4.68. The van der Waals surface area contributed by atoms with Crippen LogP contribution in [0.3, 0.4) is 0 Å². The zero-order chi connectivity index (χ0) is 16.8. The molecular formula is C19H16Cl2N2O. The van der Waals surface area contributed by atoms with E-state index in [0.29, 0.717) is 15.6 Å². The van der Waals surface area contributed by atoms with Crippen LogP contribution in [0.2, 0.25) is 10.0 Å². The third-order valence-electron chi connectivity index (χ3n) is 4.56. The first-order valence-electron chi connectivity index (χ1n) is 7.87. The van der Waals surface area contributed by atoms with Crippen LogP contribution in [0.25, 0.3) is 10.9 Å². The molecule has 0 aliphatic heterocycles. The van der Waals surface area contributed by atoms with E-state index in [1.165, 1.54) is 22.2 Å². The highest BCUT2D eigenvalue weighted by molar-refractivity contribution is 6.35. The molecule has 2 aromatic carbocycles. The number of fused-ring (bicyclic) bond motifs is 3. The van der Waals surface area contributed by atoms with Crippen LogP contribution in [0.1, 0.15) is 27.2 Å². The Balaban J connectivity index is 1.56. The van der Waals surface area contributed by atoms with Crippen molar-refractivity contribution in [3.05, 3.63) is 68.8 Å². The van der Waals surface area contributed by atoms with Crippen LogP contribution in [0.5, 0.6) is 0 Å². The maximum Gasteiger partial charge on any atom is 0.253 e. The van der Waals surface area contributed by atoms with Crippen molar-refractivity contribution in [2.75, 3.05) is 0 Å². The van der Waals surface area contributed by atoms with Crippen molar-refractivity contribution in [1.82, 2.24) is 10.3 Å². The van der Waals surface area contributed by atoms with Crippen molar-refractivity contribution < 1.29 is 4.79 Å². The number of hydrogen-bond acceptors (Lipinski definition) is 1. The number of aromatic amines is 1. The smallest absolute Gasteiger partial charge is 0.253 e. The Labute approximate surface area is 150 Å². The van der Waals surface area contributed by atoms with E-state index in [1.54, 1.807) is 18.2 Å². The number of nitrogens with one attached hydrogen (secondary N) is 2. The first kappa shape index (κ1) is 15.6. The summed E-state index contributed by atoms with van der Waals surface area (Å²) >= 11 is 12.1. The Morgan fingerprint density at radius 1 is 1.17 bits per heavy atom. The molecule has 1 aliphatic carbocycles. The molecule has 0 spiro atoms. The molecule has 0 fully saturated rings. The van der Waals surface area contributed by atoms with Crippen molar-refractivity contribution in [3.8, 4) is 0 Å². The summed E-state index contributed by atoms with van der Waals surface area (Å²) in [6.07, 6.45) is 1.62. The lowest BCUT2D eigenvalue weighted by Crippen LogP contribution is -2.35. The van der Waals surface area contributed by atoms with Gasteiger partial charge in [-0.25, -0.2) is 0 Å². The van der Waals surface area contributed by atoms with Crippen LogP contribution < -0.4 is 5.32 Å². The second kappa shape index (κ2) is 5.83. The molecule has 0 saturated carbocycles. The van der Waals surface area contributed by atoms with E-state index in [0.717, 1.165) is 18.4 Å². The summed E-state index contributed by atoms with van der Waals surface area (Å²) in [5.41, 5.74) is 5.32. The average molecular weight is 359 g/mol. The van der Waals surface area contributed by atoms with Crippen molar-refractivity contribution in [2.45, 2.75) is 25.8 Å². The van der Waals surface area contributed by atoms with Gasteiger partial charge >= 0.3 is 0 Å². The molecular weight excluding hydrogens is 343 g/mol. The standard InChI is InChI=1S/C19H16Cl2N2O/c1-10-2-5-17-13(6-10)14-8-12(9-18(14)23-17)22-19(24)15-7-11(20)3-4-16(15)21/h2-7,12,23H,8-9H2,1H3,(H,22,24). The maximum atomic E-state index is 12.5. The van der Waals surface area contributed by atoms with Crippen LogP contribution in [-0.4, -0.2) is 16.9 Å². The summed E-state index contributed by atoms with van der Waals surface area (Å²) < 4.78 is 0. The van der Waals surface area contributed by atoms with Gasteiger partial charge in [-0.05, 0) is 49.2 Å². The number of carbonyl (C=O) groups is 1. The quantitative estimate of drug-likeness (QED) is 0.686. The van der Waals surface area contributed by atoms with Gasteiger partial charge in [0.2, 0.25) is 0 Å². The fourth-order valence-corrected chi connectivity index (χ4v) is 3.80. The lowest BCUT2D eigenvalue weighted by Gasteiger charge is -2.13. The molecule has 0 saturated heterocycles. The predicted molar refractivity (Wildman–Crippen MR) is 98.2 cm³/mol. The number of aryl methyl sites for hydroxylation is 1. The van der Waals surface area contributed by atoms with E-state index >= 15 is 0 Å². The molecule has 5 heteroatoms. The second-order valence-corrected chi connectivity index (χ2v) is 7.18. The maximum absolute atomic E-state index is 12.5. The van der Waals surface area contributed by atoms with E-state index in [2.05, 4.69) is 35.4 Å². The van der Waals surface area contributed by atoms with E-state index in [9.17, 15) is 4.79 Å². The number of amides is 1. The zero-order valence-corrected chi connectivity index (χ0v) is 14.6. The lowest BCUT2D eigenvalue weighted by atomic mass is 10.1. The topological polar surface area (TPSA) is 44.9 Å². The van der Waals surface area contributed by atoms with Gasteiger partial charge < -0.3 is 10.3 Å². The Kier molecular flexibility index (Phi) is 3.78. The van der Waals surface area contributed by atoms with E-state index in [-0.39, 0.29) is 11.9 Å². The molecule has 2 N–H and O–H groups in total. The Morgan fingerprint density at radius 3 is 2.83 bits per heavy atom. The fourth-order valence-electron chi connectivity index (χ4n) is 3.43. The number of rotatable bonds is 2. The molecule has 4 rings (SSSR count). The van der Waals surface area contributed by atoms with Crippen molar-refractivity contribution in [1.29, 1.82) is 0 Å². The molecule has 0 bridgehead atoms. The van der Waals surface area contributed by atoms with Gasteiger partial charge in [0.05, 0.1) is 10.6 Å².